The molecule has 0 aliphatic rings. The second-order valence-corrected chi connectivity index (χ2v) is 7.03. The van der Waals surface area contributed by atoms with E-state index in [2.05, 4.69) is 11.2 Å². The van der Waals surface area contributed by atoms with Crippen LogP contribution in [0, 0.1) is 18.2 Å². The minimum Gasteiger partial charge on any atom is -0.325 e. The van der Waals surface area contributed by atoms with Crippen molar-refractivity contribution in [1.29, 1.82) is 0 Å². The van der Waals surface area contributed by atoms with Gasteiger partial charge in [-0.25, -0.2) is 12.8 Å². The summed E-state index contributed by atoms with van der Waals surface area (Å²) in [6.07, 6.45) is 5.29. The van der Waals surface area contributed by atoms with Crippen molar-refractivity contribution < 1.29 is 17.6 Å². The van der Waals surface area contributed by atoms with Crippen LogP contribution >= 0.6 is 0 Å². The molecule has 1 amide bonds. The molecule has 0 saturated carbocycles. The van der Waals surface area contributed by atoms with Crippen LogP contribution in [0.3, 0.4) is 0 Å². The predicted octanol–water partition coefficient (Wildman–Crippen LogP) is 2.07. The standard InChI is InChI=1S/C17H15FN2O3S/c1-3-13-5-4-6-15(11-13)19-17(21)12-20(2)24(22,23)16-9-7-14(18)8-10-16/h1,4-11H,12H2,2H3,(H,19,21). The first-order chi connectivity index (χ1) is 11.3. The lowest BCUT2D eigenvalue weighted by Crippen LogP contribution is -2.35. The molecule has 124 valence electrons. The Balaban J connectivity index is 2.07. The summed E-state index contributed by atoms with van der Waals surface area (Å²) in [5.41, 5.74) is 1.07. The molecule has 0 unspecified atom stereocenters. The second kappa shape index (κ2) is 7.25. The molecule has 7 heteroatoms. The number of likely N-dealkylation sites (N-methyl/N-ethyl adjacent to an activating group) is 1. The lowest BCUT2D eigenvalue weighted by molar-refractivity contribution is -0.116. The molecule has 24 heavy (non-hydrogen) atoms. The Labute approximate surface area is 140 Å². The summed E-state index contributed by atoms with van der Waals surface area (Å²) in [7, 11) is -2.61. The fourth-order valence-electron chi connectivity index (χ4n) is 1.96. The summed E-state index contributed by atoms with van der Waals surface area (Å²) in [6, 6.07) is 11.0. The number of rotatable bonds is 5. The Hall–Kier alpha value is -2.69. The highest BCUT2D eigenvalue weighted by molar-refractivity contribution is 7.89. The third kappa shape index (κ3) is 4.19. The second-order valence-electron chi connectivity index (χ2n) is 4.99. The Bertz CT molecular complexity index is 887. The molecule has 0 atom stereocenters. The van der Waals surface area contributed by atoms with Crippen molar-refractivity contribution in [2.45, 2.75) is 4.90 Å². The van der Waals surface area contributed by atoms with E-state index >= 15 is 0 Å². The number of hydrogen-bond acceptors (Lipinski definition) is 3. The molecule has 2 rings (SSSR count). The average Bonchev–Trinajstić information content (AvgIpc) is 2.55. The van der Waals surface area contributed by atoms with Crippen molar-refractivity contribution in [3.8, 4) is 12.3 Å². The zero-order chi connectivity index (χ0) is 17.7. The number of benzene rings is 2. The number of carbonyl (C=O) groups excluding carboxylic acids is 1. The number of anilines is 1. The molecule has 2 aromatic rings. The molecule has 5 nitrogen and oxygen atoms in total. The van der Waals surface area contributed by atoms with Gasteiger partial charge in [0.15, 0.2) is 0 Å². The maximum Gasteiger partial charge on any atom is 0.243 e. The van der Waals surface area contributed by atoms with Gasteiger partial charge in [-0.2, -0.15) is 4.31 Å². The van der Waals surface area contributed by atoms with Gasteiger partial charge < -0.3 is 5.32 Å². The molecule has 1 N–H and O–H groups in total. The summed E-state index contributed by atoms with van der Waals surface area (Å²) >= 11 is 0. The molecule has 0 spiro atoms. The summed E-state index contributed by atoms with van der Waals surface area (Å²) in [5.74, 6) is 1.39. The highest BCUT2D eigenvalue weighted by atomic mass is 32.2. The predicted molar refractivity (Wildman–Crippen MR) is 89.2 cm³/mol. The van der Waals surface area contributed by atoms with Crippen molar-refractivity contribution in [2.75, 3.05) is 18.9 Å². The van der Waals surface area contributed by atoms with E-state index in [0.717, 1.165) is 28.6 Å². The van der Waals surface area contributed by atoms with Gasteiger partial charge in [0, 0.05) is 18.3 Å². The van der Waals surface area contributed by atoms with E-state index in [0.29, 0.717) is 11.3 Å². The first-order valence-corrected chi connectivity index (χ1v) is 8.35. The molecule has 2 aromatic carbocycles. The van der Waals surface area contributed by atoms with Crippen molar-refractivity contribution >= 4 is 21.6 Å². The van der Waals surface area contributed by atoms with E-state index < -0.39 is 21.7 Å². The first kappa shape index (κ1) is 17.7. The molecular weight excluding hydrogens is 331 g/mol. The quantitative estimate of drug-likeness (QED) is 0.843. The van der Waals surface area contributed by atoms with E-state index in [1.54, 1.807) is 24.3 Å². The zero-order valence-corrected chi connectivity index (χ0v) is 13.7. The van der Waals surface area contributed by atoms with Gasteiger partial charge in [0.05, 0.1) is 11.4 Å². The van der Waals surface area contributed by atoms with Gasteiger partial charge >= 0.3 is 0 Å². The van der Waals surface area contributed by atoms with Crippen LogP contribution in [-0.4, -0.2) is 32.2 Å². The highest BCUT2D eigenvalue weighted by Gasteiger charge is 2.23. The molecule has 0 saturated heterocycles. The van der Waals surface area contributed by atoms with Gasteiger partial charge in [-0.1, -0.05) is 12.0 Å². The third-order valence-electron chi connectivity index (χ3n) is 3.20. The van der Waals surface area contributed by atoms with Gasteiger partial charge in [0.1, 0.15) is 5.82 Å². The number of sulfonamides is 1. The molecule has 0 aromatic heterocycles. The smallest absolute Gasteiger partial charge is 0.243 e. The van der Waals surface area contributed by atoms with E-state index in [4.69, 9.17) is 6.42 Å². The monoisotopic (exact) mass is 346 g/mol. The Morgan fingerprint density at radius 1 is 1.25 bits per heavy atom. The van der Waals surface area contributed by atoms with Crippen LogP contribution < -0.4 is 5.32 Å². The Kier molecular flexibility index (Phi) is 5.34. The van der Waals surface area contributed by atoms with Crippen molar-refractivity contribution in [2.24, 2.45) is 0 Å². The van der Waals surface area contributed by atoms with Crippen LogP contribution in [0.1, 0.15) is 5.56 Å². The van der Waals surface area contributed by atoms with Crippen molar-refractivity contribution in [1.82, 2.24) is 4.31 Å². The van der Waals surface area contributed by atoms with Crippen molar-refractivity contribution in [3.05, 3.63) is 59.9 Å². The Morgan fingerprint density at radius 2 is 1.92 bits per heavy atom. The van der Waals surface area contributed by atoms with Crippen LogP contribution in [-0.2, 0) is 14.8 Å². The number of terminal acetylenes is 1. The van der Waals surface area contributed by atoms with Gasteiger partial charge in [-0.05, 0) is 42.5 Å². The van der Waals surface area contributed by atoms with Crippen LogP contribution in [0.25, 0.3) is 0 Å². The van der Waals surface area contributed by atoms with Gasteiger partial charge in [-0.15, -0.1) is 6.42 Å². The molecule has 0 fully saturated rings. The lowest BCUT2D eigenvalue weighted by atomic mass is 10.2. The number of amides is 1. The van der Waals surface area contributed by atoms with Crippen LogP contribution in [0.4, 0.5) is 10.1 Å². The van der Waals surface area contributed by atoms with Crippen LogP contribution in [0.5, 0.6) is 0 Å². The number of hydrogen-bond donors (Lipinski definition) is 1. The fraction of sp³-hybridized carbons (Fsp3) is 0.118. The topological polar surface area (TPSA) is 66.5 Å². The summed E-state index contributed by atoms with van der Waals surface area (Å²) < 4.78 is 38.5. The van der Waals surface area contributed by atoms with Crippen LogP contribution in [0.2, 0.25) is 0 Å². The number of halogens is 1. The van der Waals surface area contributed by atoms with E-state index in [1.165, 1.54) is 7.05 Å². The maximum atomic E-state index is 12.9. The van der Waals surface area contributed by atoms with E-state index in [9.17, 15) is 17.6 Å². The molecule has 0 radical (unpaired) electrons. The van der Waals surface area contributed by atoms with Crippen molar-refractivity contribution in [3.63, 3.8) is 0 Å². The minimum atomic E-state index is -3.88. The number of carbonyl (C=O) groups is 1. The molecule has 0 bridgehead atoms. The summed E-state index contributed by atoms with van der Waals surface area (Å²) in [5, 5.41) is 2.58. The molecular formula is C17H15FN2O3S. The molecule has 0 heterocycles. The maximum absolute atomic E-state index is 12.9. The van der Waals surface area contributed by atoms with Crippen LogP contribution in [0.15, 0.2) is 53.4 Å². The zero-order valence-electron chi connectivity index (χ0n) is 12.9. The first-order valence-electron chi connectivity index (χ1n) is 6.91. The lowest BCUT2D eigenvalue weighted by Gasteiger charge is -2.17. The van der Waals surface area contributed by atoms with E-state index in [-0.39, 0.29) is 11.4 Å². The minimum absolute atomic E-state index is 0.0893. The number of nitrogens with zero attached hydrogens (tertiary/aromatic N) is 1. The highest BCUT2D eigenvalue weighted by Crippen LogP contribution is 2.15. The fourth-order valence-corrected chi connectivity index (χ4v) is 3.09. The SMILES string of the molecule is C#Cc1cccc(NC(=O)CN(C)S(=O)(=O)c2ccc(F)cc2)c1. The number of nitrogens with one attached hydrogen (secondary N) is 1. The molecule has 0 aliphatic carbocycles. The average molecular weight is 346 g/mol. The Morgan fingerprint density at radius 3 is 2.54 bits per heavy atom. The largest absolute Gasteiger partial charge is 0.325 e. The van der Waals surface area contributed by atoms with Gasteiger partial charge in [-0.3, -0.25) is 4.79 Å². The molecule has 0 aliphatic heterocycles. The third-order valence-corrected chi connectivity index (χ3v) is 5.02. The summed E-state index contributed by atoms with van der Waals surface area (Å²) in [4.78, 5) is 11.9. The van der Waals surface area contributed by atoms with E-state index in [1.807, 2.05) is 0 Å². The summed E-state index contributed by atoms with van der Waals surface area (Å²) in [6.45, 7) is -0.389. The normalized spacial score (nSPS) is 11.1. The van der Waals surface area contributed by atoms with Gasteiger partial charge in [0.2, 0.25) is 15.9 Å². The van der Waals surface area contributed by atoms with Gasteiger partial charge in [0.25, 0.3) is 0 Å².